The topological polar surface area (TPSA) is 37.3 Å². The number of alkyl halides is 4. The van der Waals surface area contributed by atoms with E-state index in [1.54, 1.807) is 13.8 Å². The molecular weight excluding hydrogens is 288 g/mol. The van der Waals surface area contributed by atoms with Crippen molar-refractivity contribution in [1.29, 1.82) is 0 Å². The van der Waals surface area contributed by atoms with Crippen molar-refractivity contribution in [2.45, 2.75) is 38.2 Å². The third kappa shape index (κ3) is 3.69. The summed E-state index contributed by atoms with van der Waals surface area (Å²) >= 11 is 0. The van der Waals surface area contributed by atoms with Crippen molar-refractivity contribution in [3.63, 3.8) is 0 Å². The molecule has 0 aliphatic rings. The molecule has 0 radical (unpaired) electrons. The second kappa shape index (κ2) is 6.39. The van der Waals surface area contributed by atoms with Crippen LogP contribution in [0.25, 0.3) is 0 Å². The standard InChI is InChI=1S/C15H16F4O2/c1-10(2)8-12(20)9-14(21,15(18,19)13(16)17)11-6-4-3-5-7-11/h3-8,13,21H,9H2,1-2H3/t14-/m0/s1. The van der Waals surface area contributed by atoms with Crippen molar-refractivity contribution < 1.29 is 27.5 Å². The van der Waals surface area contributed by atoms with Crippen LogP contribution < -0.4 is 0 Å². The fourth-order valence-electron chi connectivity index (χ4n) is 1.93. The van der Waals surface area contributed by atoms with Crippen LogP contribution in [0.2, 0.25) is 0 Å². The minimum Gasteiger partial charge on any atom is -0.378 e. The average Bonchev–Trinajstić information content (AvgIpc) is 2.38. The van der Waals surface area contributed by atoms with Crippen molar-refractivity contribution in [3.8, 4) is 0 Å². The molecule has 2 nitrogen and oxygen atoms in total. The van der Waals surface area contributed by atoms with Crippen LogP contribution in [-0.2, 0) is 10.4 Å². The molecule has 1 rings (SSSR count). The zero-order chi connectivity index (χ0) is 16.3. The highest BCUT2D eigenvalue weighted by molar-refractivity contribution is 5.91. The molecule has 21 heavy (non-hydrogen) atoms. The van der Waals surface area contributed by atoms with Gasteiger partial charge in [-0.25, -0.2) is 8.78 Å². The highest BCUT2D eigenvalue weighted by Gasteiger charge is 2.60. The van der Waals surface area contributed by atoms with Gasteiger partial charge in [0.15, 0.2) is 11.4 Å². The summed E-state index contributed by atoms with van der Waals surface area (Å²) in [5.74, 6) is -5.60. The molecule has 0 aliphatic carbocycles. The molecule has 1 aromatic carbocycles. The zero-order valence-corrected chi connectivity index (χ0v) is 11.6. The van der Waals surface area contributed by atoms with Gasteiger partial charge in [-0.15, -0.1) is 0 Å². The minimum absolute atomic E-state index is 0.425. The molecule has 0 aromatic heterocycles. The number of halogens is 4. The highest BCUT2D eigenvalue weighted by Crippen LogP contribution is 2.44. The monoisotopic (exact) mass is 304 g/mol. The summed E-state index contributed by atoms with van der Waals surface area (Å²) in [7, 11) is 0. The summed E-state index contributed by atoms with van der Waals surface area (Å²) in [5.41, 5.74) is -3.16. The molecule has 0 spiro atoms. The second-order valence-electron chi connectivity index (χ2n) is 5.01. The first-order chi connectivity index (χ1) is 9.61. The van der Waals surface area contributed by atoms with Crippen LogP contribution >= 0.6 is 0 Å². The molecular formula is C15H16F4O2. The van der Waals surface area contributed by atoms with Gasteiger partial charge >= 0.3 is 12.3 Å². The van der Waals surface area contributed by atoms with Gasteiger partial charge in [-0.2, -0.15) is 8.78 Å². The first-order valence-electron chi connectivity index (χ1n) is 6.23. The summed E-state index contributed by atoms with van der Waals surface area (Å²) < 4.78 is 53.0. The summed E-state index contributed by atoms with van der Waals surface area (Å²) in [6.45, 7) is 3.12. The van der Waals surface area contributed by atoms with Gasteiger partial charge < -0.3 is 5.11 Å². The van der Waals surface area contributed by atoms with E-state index in [1.165, 1.54) is 18.2 Å². The molecule has 1 atom stereocenters. The lowest BCUT2D eigenvalue weighted by molar-refractivity contribution is -0.249. The molecule has 0 saturated heterocycles. The number of rotatable bonds is 6. The van der Waals surface area contributed by atoms with E-state index in [0.717, 1.165) is 18.2 Å². The van der Waals surface area contributed by atoms with E-state index in [2.05, 4.69) is 0 Å². The molecule has 1 aromatic rings. The molecule has 0 unspecified atom stereocenters. The van der Waals surface area contributed by atoms with Gasteiger partial charge in [0.1, 0.15) is 0 Å². The fraction of sp³-hybridized carbons (Fsp3) is 0.400. The van der Waals surface area contributed by atoms with E-state index in [1.807, 2.05) is 0 Å². The molecule has 1 N–H and O–H groups in total. The van der Waals surface area contributed by atoms with Crippen LogP contribution in [0.15, 0.2) is 42.0 Å². The van der Waals surface area contributed by atoms with Crippen LogP contribution in [0.3, 0.4) is 0 Å². The molecule has 116 valence electrons. The number of ketones is 1. The van der Waals surface area contributed by atoms with E-state index in [-0.39, 0.29) is 0 Å². The molecule has 0 fully saturated rings. The predicted octanol–water partition coefficient (Wildman–Crippen LogP) is 3.70. The zero-order valence-electron chi connectivity index (χ0n) is 11.6. The van der Waals surface area contributed by atoms with Crippen LogP contribution in [0.4, 0.5) is 17.6 Å². The lowest BCUT2D eigenvalue weighted by atomic mass is 9.82. The van der Waals surface area contributed by atoms with Crippen molar-refractivity contribution in [1.82, 2.24) is 0 Å². The number of carbonyl (C=O) groups excluding carboxylic acids is 1. The Hall–Kier alpha value is -1.69. The maximum absolute atomic E-state index is 13.8. The molecule has 0 aliphatic heterocycles. The van der Waals surface area contributed by atoms with Crippen LogP contribution in [0.1, 0.15) is 25.8 Å². The molecule has 6 heteroatoms. The Morgan fingerprint density at radius 2 is 1.76 bits per heavy atom. The molecule has 0 amide bonds. The van der Waals surface area contributed by atoms with Crippen molar-refractivity contribution in [2.24, 2.45) is 0 Å². The fourth-order valence-corrected chi connectivity index (χ4v) is 1.93. The third-order valence-electron chi connectivity index (χ3n) is 2.96. The molecule has 0 bridgehead atoms. The number of hydrogen-bond acceptors (Lipinski definition) is 2. The summed E-state index contributed by atoms with van der Waals surface area (Å²) in [5, 5.41) is 10.2. The Morgan fingerprint density at radius 3 is 2.19 bits per heavy atom. The lowest BCUT2D eigenvalue weighted by Gasteiger charge is -2.35. The van der Waals surface area contributed by atoms with Gasteiger partial charge in [0, 0.05) is 6.42 Å². The molecule has 0 saturated carbocycles. The average molecular weight is 304 g/mol. The number of hydrogen-bond donors (Lipinski definition) is 1. The first-order valence-corrected chi connectivity index (χ1v) is 6.23. The highest BCUT2D eigenvalue weighted by atomic mass is 19.3. The smallest absolute Gasteiger partial charge is 0.339 e. The second-order valence-corrected chi connectivity index (χ2v) is 5.01. The summed E-state index contributed by atoms with van der Waals surface area (Å²) in [6, 6.07) is 6.32. The first kappa shape index (κ1) is 17.4. The Labute approximate surface area is 120 Å². The minimum atomic E-state index is -4.75. The van der Waals surface area contributed by atoms with Crippen molar-refractivity contribution in [3.05, 3.63) is 47.5 Å². The predicted molar refractivity (Wildman–Crippen MR) is 70.3 cm³/mol. The largest absolute Gasteiger partial charge is 0.378 e. The SMILES string of the molecule is CC(C)=CC(=O)C[C@](O)(c1ccccc1)C(F)(F)C(F)F. The molecule has 0 heterocycles. The van der Waals surface area contributed by atoms with Gasteiger partial charge in [0.2, 0.25) is 0 Å². The van der Waals surface area contributed by atoms with Gasteiger partial charge in [-0.1, -0.05) is 35.9 Å². The summed E-state index contributed by atoms with van der Waals surface area (Å²) in [4.78, 5) is 11.7. The van der Waals surface area contributed by atoms with Crippen LogP contribution in [0.5, 0.6) is 0 Å². The number of aliphatic hydroxyl groups is 1. The maximum atomic E-state index is 13.8. The van der Waals surface area contributed by atoms with Gasteiger partial charge in [0.25, 0.3) is 0 Å². The van der Waals surface area contributed by atoms with E-state index in [4.69, 9.17) is 0 Å². The normalized spacial score (nSPS) is 14.7. The number of benzene rings is 1. The van der Waals surface area contributed by atoms with E-state index in [9.17, 15) is 27.5 Å². The number of allylic oxidation sites excluding steroid dienone is 2. The number of carbonyl (C=O) groups is 1. The third-order valence-corrected chi connectivity index (χ3v) is 2.96. The Bertz CT molecular complexity index is 522. The van der Waals surface area contributed by atoms with Crippen LogP contribution in [0, 0.1) is 0 Å². The van der Waals surface area contributed by atoms with Crippen LogP contribution in [-0.4, -0.2) is 23.2 Å². The Morgan fingerprint density at radius 1 is 1.24 bits per heavy atom. The van der Waals surface area contributed by atoms with Gasteiger partial charge in [0.05, 0.1) is 0 Å². The lowest BCUT2D eigenvalue weighted by Crippen LogP contribution is -2.51. The van der Waals surface area contributed by atoms with Gasteiger partial charge in [-0.3, -0.25) is 4.79 Å². The van der Waals surface area contributed by atoms with E-state index in [0.29, 0.717) is 5.57 Å². The quantitative estimate of drug-likeness (QED) is 0.643. The van der Waals surface area contributed by atoms with E-state index >= 15 is 0 Å². The van der Waals surface area contributed by atoms with Crippen molar-refractivity contribution in [2.75, 3.05) is 0 Å². The maximum Gasteiger partial charge on any atom is 0.339 e. The summed E-state index contributed by atoms with van der Waals surface area (Å²) in [6.07, 6.45) is -4.18. The van der Waals surface area contributed by atoms with Gasteiger partial charge in [-0.05, 0) is 25.5 Å². The Balaban J connectivity index is 3.31. The van der Waals surface area contributed by atoms with E-state index < -0.39 is 35.7 Å². The van der Waals surface area contributed by atoms with Crippen molar-refractivity contribution >= 4 is 5.78 Å². The Kier molecular flexibility index (Phi) is 5.28.